The van der Waals surface area contributed by atoms with Gasteiger partial charge in [0, 0.05) is 50.3 Å². The molecule has 2 N–H and O–H groups in total. The van der Waals surface area contributed by atoms with Crippen molar-refractivity contribution in [2.24, 2.45) is 0 Å². The van der Waals surface area contributed by atoms with Gasteiger partial charge in [0.15, 0.2) is 0 Å². The molecule has 5 nitrogen and oxygen atoms in total. The highest BCUT2D eigenvalue weighted by molar-refractivity contribution is 5.28. The molecule has 0 amide bonds. The molecule has 1 unspecified atom stereocenters. The standard InChI is InChI=1S/C16H20N4O/c1-12-4-5-16(21)14(19-12)11-20-8-7-18-10-15(20)13-3-2-6-17-9-13/h2-6,9,15,18,21H,7-8,10-11H2,1H3. The molecule has 1 fully saturated rings. The fourth-order valence-corrected chi connectivity index (χ4v) is 2.75. The van der Waals surface area contributed by atoms with Crippen LogP contribution in [-0.2, 0) is 6.54 Å². The van der Waals surface area contributed by atoms with E-state index >= 15 is 0 Å². The molecule has 5 heteroatoms. The molecule has 2 aromatic heterocycles. The minimum atomic E-state index is 0.258. The molecular formula is C16H20N4O. The summed E-state index contributed by atoms with van der Waals surface area (Å²) >= 11 is 0. The summed E-state index contributed by atoms with van der Waals surface area (Å²) < 4.78 is 0. The van der Waals surface area contributed by atoms with Gasteiger partial charge in [0.25, 0.3) is 0 Å². The molecule has 21 heavy (non-hydrogen) atoms. The Balaban J connectivity index is 1.83. The van der Waals surface area contributed by atoms with Crippen LogP contribution in [0.2, 0.25) is 0 Å². The molecule has 0 saturated carbocycles. The van der Waals surface area contributed by atoms with Crippen LogP contribution >= 0.6 is 0 Å². The second kappa shape index (κ2) is 6.20. The third-order valence-electron chi connectivity index (χ3n) is 3.87. The maximum atomic E-state index is 10.0. The molecule has 1 aliphatic heterocycles. The number of hydrogen-bond donors (Lipinski definition) is 2. The average Bonchev–Trinajstić information content (AvgIpc) is 2.52. The third-order valence-corrected chi connectivity index (χ3v) is 3.87. The Hall–Kier alpha value is -1.98. The van der Waals surface area contributed by atoms with E-state index < -0.39 is 0 Å². The van der Waals surface area contributed by atoms with Crippen molar-refractivity contribution in [3.63, 3.8) is 0 Å². The normalized spacial score (nSPS) is 19.6. The number of aromatic hydroxyl groups is 1. The zero-order valence-corrected chi connectivity index (χ0v) is 12.2. The van der Waals surface area contributed by atoms with Gasteiger partial charge in [-0.2, -0.15) is 0 Å². The van der Waals surface area contributed by atoms with E-state index in [0.29, 0.717) is 6.54 Å². The van der Waals surface area contributed by atoms with Crippen molar-refractivity contribution in [2.45, 2.75) is 19.5 Å². The van der Waals surface area contributed by atoms with Gasteiger partial charge in [-0.05, 0) is 30.7 Å². The van der Waals surface area contributed by atoms with Crippen LogP contribution in [0, 0.1) is 6.92 Å². The van der Waals surface area contributed by atoms with Gasteiger partial charge in [0.1, 0.15) is 5.75 Å². The van der Waals surface area contributed by atoms with E-state index in [1.165, 1.54) is 5.56 Å². The van der Waals surface area contributed by atoms with Crippen molar-refractivity contribution in [1.29, 1.82) is 0 Å². The SMILES string of the molecule is Cc1ccc(O)c(CN2CCNCC2c2cccnc2)n1. The highest BCUT2D eigenvalue weighted by atomic mass is 16.3. The molecule has 1 atom stereocenters. The van der Waals surface area contributed by atoms with Crippen LogP contribution in [-0.4, -0.2) is 39.6 Å². The number of hydrogen-bond acceptors (Lipinski definition) is 5. The lowest BCUT2D eigenvalue weighted by Gasteiger charge is -2.36. The van der Waals surface area contributed by atoms with E-state index in [2.05, 4.69) is 26.3 Å². The summed E-state index contributed by atoms with van der Waals surface area (Å²) in [6, 6.07) is 7.87. The van der Waals surface area contributed by atoms with Gasteiger partial charge in [0.05, 0.1) is 5.69 Å². The largest absolute Gasteiger partial charge is 0.506 e. The van der Waals surface area contributed by atoms with Crippen molar-refractivity contribution in [3.05, 3.63) is 53.6 Å². The minimum absolute atomic E-state index is 0.258. The van der Waals surface area contributed by atoms with Gasteiger partial charge >= 0.3 is 0 Å². The van der Waals surface area contributed by atoms with E-state index in [0.717, 1.165) is 31.0 Å². The van der Waals surface area contributed by atoms with Gasteiger partial charge in [-0.25, -0.2) is 0 Å². The van der Waals surface area contributed by atoms with E-state index in [1.54, 1.807) is 12.3 Å². The Morgan fingerprint density at radius 2 is 2.29 bits per heavy atom. The van der Waals surface area contributed by atoms with Crippen molar-refractivity contribution in [2.75, 3.05) is 19.6 Å². The average molecular weight is 284 g/mol. The number of aromatic nitrogens is 2. The lowest BCUT2D eigenvalue weighted by atomic mass is 10.0. The first kappa shape index (κ1) is 14.0. The molecule has 110 valence electrons. The van der Waals surface area contributed by atoms with Gasteiger partial charge in [-0.15, -0.1) is 0 Å². The molecule has 1 aliphatic rings. The fraction of sp³-hybridized carbons (Fsp3) is 0.375. The Morgan fingerprint density at radius 3 is 3.10 bits per heavy atom. The second-order valence-corrected chi connectivity index (χ2v) is 5.40. The van der Waals surface area contributed by atoms with Crippen LogP contribution in [0.25, 0.3) is 0 Å². The van der Waals surface area contributed by atoms with Gasteiger partial charge in [0.2, 0.25) is 0 Å². The Kier molecular flexibility index (Phi) is 4.13. The van der Waals surface area contributed by atoms with Crippen LogP contribution in [0.15, 0.2) is 36.7 Å². The molecule has 0 bridgehead atoms. The Labute approximate surface area is 124 Å². The minimum Gasteiger partial charge on any atom is -0.506 e. The molecule has 0 aliphatic carbocycles. The topological polar surface area (TPSA) is 61.3 Å². The molecule has 1 saturated heterocycles. The van der Waals surface area contributed by atoms with E-state index in [4.69, 9.17) is 0 Å². The van der Waals surface area contributed by atoms with Crippen LogP contribution < -0.4 is 5.32 Å². The molecule has 0 radical (unpaired) electrons. The number of nitrogens with zero attached hydrogens (tertiary/aromatic N) is 3. The zero-order valence-electron chi connectivity index (χ0n) is 12.2. The highest BCUT2D eigenvalue weighted by Gasteiger charge is 2.25. The summed E-state index contributed by atoms with van der Waals surface area (Å²) in [5, 5.41) is 13.4. The monoisotopic (exact) mass is 284 g/mol. The van der Waals surface area contributed by atoms with Gasteiger partial charge in [-0.1, -0.05) is 6.07 Å². The molecule has 2 aromatic rings. The summed E-state index contributed by atoms with van der Waals surface area (Å²) in [4.78, 5) is 11.0. The number of pyridine rings is 2. The summed E-state index contributed by atoms with van der Waals surface area (Å²) in [6.07, 6.45) is 3.70. The maximum absolute atomic E-state index is 10.0. The molecule has 0 aromatic carbocycles. The Morgan fingerprint density at radius 1 is 1.38 bits per heavy atom. The predicted molar refractivity (Wildman–Crippen MR) is 80.9 cm³/mol. The van der Waals surface area contributed by atoms with E-state index in [1.807, 2.05) is 25.3 Å². The Bertz CT molecular complexity index is 602. The second-order valence-electron chi connectivity index (χ2n) is 5.40. The quantitative estimate of drug-likeness (QED) is 0.897. The van der Waals surface area contributed by atoms with Crippen molar-refractivity contribution < 1.29 is 5.11 Å². The van der Waals surface area contributed by atoms with Crippen LogP contribution in [0.4, 0.5) is 0 Å². The van der Waals surface area contributed by atoms with Crippen molar-refractivity contribution in [1.82, 2.24) is 20.2 Å². The first-order chi connectivity index (χ1) is 10.2. The lowest BCUT2D eigenvalue weighted by molar-refractivity contribution is 0.150. The van der Waals surface area contributed by atoms with Crippen molar-refractivity contribution in [3.8, 4) is 5.75 Å². The van der Waals surface area contributed by atoms with E-state index in [9.17, 15) is 5.11 Å². The molecule has 3 heterocycles. The maximum Gasteiger partial charge on any atom is 0.138 e. The zero-order chi connectivity index (χ0) is 14.7. The highest BCUT2D eigenvalue weighted by Crippen LogP contribution is 2.25. The summed E-state index contributed by atoms with van der Waals surface area (Å²) in [5.41, 5.74) is 2.86. The van der Waals surface area contributed by atoms with Crippen LogP contribution in [0.5, 0.6) is 5.75 Å². The number of piperazine rings is 1. The van der Waals surface area contributed by atoms with Gasteiger partial charge in [-0.3, -0.25) is 14.9 Å². The summed E-state index contributed by atoms with van der Waals surface area (Å²) in [7, 11) is 0. The third kappa shape index (κ3) is 3.20. The fourth-order valence-electron chi connectivity index (χ4n) is 2.75. The first-order valence-electron chi connectivity index (χ1n) is 7.24. The van der Waals surface area contributed by atoms with E-state index in [-0.39, 0.29) is 11.8 Å². The summed E-state index contributed by atoms with van der Waals surface area (Å²) in [6.45, 7) is 5.35. The van der Waals surface area contributed by atoms with Crippen molar-refractivity contribution >= 4 is 0 Å². The van der Waals surface area contributed by atoms with Gasteiger partial charge < -0.3 is 10.4 Å². The molecule has 3 rings (SSSR count). The molecule has 0 spiro atoms. The predicted octanol–water partition coefficient (Wildman–Crippen LogP) is 1.64. The van der Waals surface area contributed by atoms with Crippen LogP contribution in [0.3, 0.4) is 0 Å². The lowest BCUT2D eigenvalue weighted by Crippen LogP contribution is -2.45. The molecular weight excluding hydrogens is 264 g/mol. The summed E-state index contributed by atoms with van der Waals surface area (Å²) in [5.74, 6) is 0.268. The number of nitrogens with one attached hydrogen (secondary N) is 1. The number of aryl methyl sites for hydroxylation is 1. The smallest absolute Gasteiger partial charge is 0.138 e. The first-order valence-corrected chi connectivity index (χ1v) is 7.24. The number of rotatable bonds is 3. The van der Waals surface area contributed by atoms with Crippen LogP contribution in [0.1, 0.15) is 23.0 Å².